The lowest BCUT2D eigenvalue weighted by Gasteiger charge is -2.06. The molecule has 14 heavy (non-hydrogen) atoms. The maximum atomic E-state index is 5.78. The van der Waals surface area contributed by atoms with E-state index in [1.165, 1.54) is 0 Å². The third kappa shape index (κ3) is 3.18. The highest BCUT2D eigenvalue weighted by Gasteiger charge is 2.10. The van der Waals surface area contributed by atoms with Crippen LogP contribution in [-0.4, -0.2) is 16.7 Å². The van der Waals surface area contributed by atoms with Gasteiger partial charge >= 0.3 is 6.01 Å². The average Bonchev–Trinajstić information content (AvgIpc) is 2.62. The summed E-state index contributed by atoms with van der Waals surface area (Å²) in [5.41, 5.74) is 0. The van der Waals surface area contributed by atoms with Gasteiger partial charge in [-0.05, 0) is 12.8 Å². The van der Waals surface area contributed by atoms with Gasteiger partial charge in [-0.15, -0.1) is 16.7 Å². The highest BCUT2D eigenvalue weighted by Crippen LogP contribution is 2.19. The second-order valence-electron chi connectivity index (χ2n) is 3.46. The van der Waals surface area contributed by atoms with E-state index in [0.717, 1.165) is 13.0 Å². The second kappa shape index (κ2) is 5.20. The normalized spacial score (nSPS) is 15.1. The van der Waals surface area contributed by atoms with Crippen LogP contribution in [0.15, 0.2) is 4.42 Å². The Morgan fingerprint density at radius 1 is 1.43 bits per heavy atom. The first-order chi connectivity index (χ1) is 6.63. The number of anilines is 1. The Morgan fingerprint density at radius 2 is 2.14 bits per heavy atom. The first-order valence-electron chi connectivity index (χ1n) is 4.84. The summed E-state index contributed by atoms with van der Waals surface area (Å²) in [6.45, 7) is 6.95. The highest BCUT2D eigenvalue weighted by atomic mass is 35.5. The van der Waals surface area contributed by atoms with E-state index in [4.69, 9.17) is 16.0 Å². The minimum absolute atomic E-state index is 0.235. The fourth-order valence-corrected chi connectivity index (χ4v) is 0.961. The van der Waals surface area contributed by atoms with Gasteiger partial charge in [-0.3, -0.25) is 0 Å². The van der Waals surface area contributed by atoms with E-state index in [1.54, 1.807) is 6.92 Å². The van der Waals surface area contributed by atoms with Crippen LogP contribution in [0.3, 0.4) is 0 Å². The van der Waals surface area contributed by atoms with Crippen molar-refractivity contribution < 1.29 is 4.42 Å². The second-order valence-corrected chi connectivity index (χ2v) is 4.11. The molecule has 1 aromatic rings. The van der Waals surface area contributed by atoms with Crippen LogP contribution in [0.4, 0.5) is 6.01 Å². The van der Waals surface area contributed by atoms with Crippen molar-refractivity contribution in [1.29, 1.82) is 0 Å². The maximum absolute atomic E-state index is 5.78. The maximum Gasteiger partial charge on any atom is 0.315 e. The molecule has 80 valence electrons. The zero-order chi connectivity index (χ0) is 10.6. The van der Waals surface area contributed by atoms with Crippen LogP contribution < -0.4 is 5.32 Å². The van der Waals surface area contributed by atoms with E-state index in [2.05, 4.69) is 29.4 Å². The largest absolute Gasteiger partial charge is 0.407 e. The summed E-state index contributed by atoms with van der Waals surface area (Å²) < 4.78 is 5.27. The van der Waals surface area contributed by atoms with Gasteiger partial charge in [-0.2, -0.15) is 0 Å². The predicted molar refractivity (Wildman–Crippen MR) is 56.5 cm³/mol. The number of nitrogens with zero attached hydrogens (tertiary/aromatic N) is 2. The molecule has 1 rings (SSSR count). The molecular weight excluding hydrogens is 202 g/mol. The molecule has 5 heteroatoms. The summed E-state index contributed by atoms with van der Waals surface area (Å²) in [6, 6.07) is 0.452. The van der Waals surface area contributed by atoms with Crippen molar-refractivity contribution in [1.82, 2.24) is 10.2 Å². The van der Waals surface area contributed by atoms with Gasteiger partial charge in [0.2, 0.25) is 5.89 Å². The van der Waals surface area contributed by atoms with Crippen LogP contribution in [0, 0.1) is 5.92 Å². The summed E-state index contributed by atoms with van der Waals surface area (Å²) in [7, 11) is 0. The Balaban J connectivity index is 2.44. The molecule has 2 atom stereocenters. The number of hydrogen-bond donors (Lipinski definition) is 1. The van der Waals surface area contributed by atoms with Crippen LogP contribution in [0.1, 0.15) is 38.5 Å². The van der Waals surface area contributed by atoms with E-state index >= 15 is 0 Å². The Labute approximate surface area is 89.0 Å². The molecule has 0 aromatic carbocycles. The monoisotopic (exact) mass is 217 g/mol. The molecule has 0 saturated carbocycles. The quantitative estimate of drug-likeness (QED) is 0.771. The summed E-state index contributed by atoms with van der Waals surface area (Å²) in [6.07, 6.45) is 1.12. The summed E-state index contributed by atoms with van der Waals surface area (Å²) in [5.74, 6) is 1.05. The molecule has 0 amide bonds. The SMILES string of the molecule is CCC(C)CNc1nnc(C(C)Cl)o1. The summed E-state index contributed by atoms with van der Waals surface area (Å²) in [4.78, 5) is 0. The highest BCUT2D eigenvalue weighted by molar-refractivity contribution is 6.20. The molecule has 1 aromatic heterocycles. The van der Waals surface area contributed by atoms with E-state index in [1.807, 2.05) is 0 Å². The van der Waals surface area contributed by atoms with E-state index in [0.29, 0.717) is 17.8 Å². The summed E-state index contributed by atoms with van der Waals surface area (Å²) >= 11 is 5.78. The van der Waals surface area contributed by atoms with Crippen molar-refractivity contribution in [3.8, 4) is 0 Å². The van der Waals surface area contributed by atoms with Gasteiger partial charge < -0.3 is 9.73 Å². The van der Waals surface area contributed by atoms with Crippen LogP contribution in [0.5, 0.6) is 0 Å². The molecular formula is C9H16ClN3O. The van der Waals surface area contributed by atoms with Gasteiger partial charge in [0.15, 0.2) is 0 Å². The average molecular weight is 218 g/mol. The van der Waals surface area contributed by atoms with Crippen molar-refractivity contribution in [3.63, 3.8) is 0 Å². The minimum Gasteiger partial charge on any atom is -0.407 e. The zero-order valence-electron chi connectivity index (χ0n) is 8.75. The van der Waals surface area contributed by atoms with E-state index in [-0.39, 0.29) is 5.38 Å². The van der Waals surface area contributed by atoms with Gasteiger partial charge in [0, 0.05) is 6.54 Å². The number of nitrogens with one attached hydrogen (secondary N) is 1. The molecule has 4 nitrogen and oxygen atoms in total. The van der Waals surface area contributed by atoms with E-state index < -0.39 is 0 Å². The molecule has 0 radical (unpaired) electrons. The standard InChI is InChI=1S/C9H16ClN3O/c1-4-6(2)5-11-9-13-12-8(14-9)7(3)10/h6-7H,4-5H2,1-3H3,(H,11,13). The molecule has 0 fully saturated rings. The van der Waals surface area contributed by atoms with Gasteiger partial charge in [0.1, 0.15) is 5.38 Å². The number of alkyl halides is 1. The Morgan fingerprint density at radius 3 is 2.64 bits per heavy atom. The molecule has 2 unspecified atom stereocenters. The fourth-order valence-electron chi connectivity index (χ4n) is 0.873. The molecule has 0 aliphatic rings. The van der Waals surface area contributed by atoms with Crippen molar-refractivity contribution in [2.75, 3.05) is 11.9 Å². The van der Waals surface area contributed by atoms with Crippen molar-refractivity contribution >= 4 is 17.6 Å². The fraction of sp³-hybridized carbons (Fsp3) is 0.778. The van der Waals surface area contributed by atoms with Crippen molar-refractivity contribution in [2.45, 2.75) is 32.6 Å². The van der Waals surface area contributed by atoms with Gasteiger partial charge in [0.05, 0.1) is 0 Å². The topological polar surface area (TPSA) is 51.0 Å². The van der Waals surface area contributed by atoms with Crippen molar-refractivity contribution in [3.05, 3.63) is 5.89 Å². The summed E-state index contributed by atoms with van der Waals surface area (Å²) in [5, 5.41) is 10.5. The molecule has 0 saturated heterocycles. The van der Waals surface area contributed by atoms with Crippen LogP contribution in [-0.2, 0) is 0 Å². The minimum atomic E-state index is -0.235. The Hall–Kier alpha value is -0.770. The van der Waals surface area contributed by atoms with Crippen molar-refractivity contribution in [2.24, 2.45) is 5.92 Å². The molecule has 1 N–H and O–H groups in total. The van der Waals surface area contributed by atoms with Crippen LogP contribution in [0.25, 0.3) is 0 Å². The number of hydrogen-bond acceptors (Lipinski definition) is 4. The van der Waals surface area contributed by atoms with Gasteiger partial charge in [0.25, 0.3) is 0 Å². The first kappa shape index (κ1) is 11.3. The number of halogens is 1. The lowest BCUT2D eigenvalue weighted by molar-refractivity contribution is 0.497. The van der Waals surface area contributed by atoms with Gasteiger partial charge in [-0.1, -0.05) is 25.4 Å². The lowest BCUT2D eigenvalue weighted by Crippen LogP contribution is -2.10. The van der Waals surface area contributed by atoms with Crippen LogP contribution in [0.2, 0.25) is 0 Å². The number of rotatable bonds is 5. The predicted octanol–water partition coefficient (Wildman–Crippen LogP) is 2.83. The Bertz CT molecular complexity index is 275. The zero-order valence-corrected chi connectivity index (χ0v) is 9.51. The Kier molecular flexibility index (Phi) is 4.20. The lowest BCUT2D eigenvalue weighted by atomic mass is 10.1. The van der Waals surface area contributed by atoms with E-state index in [9.17, 15) is 0 Å². The molecule has 0 spiro atoms. The molecule has 0 aliphatic carbocycles. The molecule has 1 heterocycles. The first-order valence-corrected chi connectivity index (χ1v) is 5.28. The molecule has 0 aliphatic heterocycles. The number of aromatic nitrogens is 2. The van der Waals surface area contributed by atoms with Gasteiger partial charge in [-0.25, -0.2) is 0 Å². The third-order valence-corrected chi connectivity index (χ3v) is 2.27. The molecule has 0 bridgehead atoms. The third-order valence-electron chi connectivity index (χ3n) is 2.08. The smallest absolute Gasteiger partial charge is 0.315 e. The van der Waals surface area contributed by atoms with Crippen LogP contribution >= 0.6 is 11.6 Å².